The Morgan fingerprint density at radius 2 is 2.07 bits per heavy atom. The summed E-state index contributed by atoms with van der Waals surface area (Å²) >= 11 is 11.2. The van der Waals surface area contributed by atoms with Gasteiger partial charge in [0.15, 0.2) is 6.23 Å². The Labute approximate surface area is 94.5 Å². The van der Waals surface area contributed by atoms with Crippen LogP contribution in [0.5, 0.6) is 0 Å². The number of rotatable bonds is 1. The summed E-state index contributed by atoms with van der Waals surface area (Å²) in [4.78, 5) is 22.9. The SMILES string of the molecule is O=c1[nH]n(C2CCCO2)c(=O)c(Cl)c1Cl. The van der Waals surface area contributed by atoms with E-state index < -0.39 is 17.3 Å². The lowest BCUT2D eigenvalue weighted by Crippen LogP contribution is -2.33. The van der Waals surface area contributed by atoms with Gasteiger partial charge in [-0.3, -0.25) is 14.7 Å². The molecule has 1 aliphatic rings. The van der Waals surface area contributed by atoms with E-state index in [-0.39, 0.29) is 10.0 Å². The van der Waals surface area contributed by atoms with Gasteiger partial charge in [0.1, 0.15) is 10.0 Å². The predicted octanol–water partition coefficient (Wildman–Crippen LogP) is 1.15. The number of aromatic nitrogens is 2. The fourth-order valence-corrected chi connectivity index (χ4v) is 1.78. The largest absolute Gasteiger partial charge is 0.356 e. The van der Waals surface area contributed by atoms with E-state index in [1.165, 1.54) is 0 Å². The lowest BCUT2D eigenvalue weighted by Gasteiger charge is -2.12. The van der Waals surface area contributed by atoms with Crippen LogP contribution in [-0.4, -0.2) is 16.4 Å². The molecule has 0 aliphatic carbocycles. The van der Waals surface area contributed by atoms with Gasteiger partial charge in [-0.2, -0.15) is 0 Å². The van der Waals surface area contributed by atoms with E-state index in [4.69, 9.17) is 27.9 Å². The Hall–Kier alpha value is -0.780. The van der Waals surface area contributed by atoms with Crippen molar-refractivity contribution in [1.29, 1.82) is 0 Å². The van der Waals surface area contributed by atoms with Gasteiger partial charge in [0.05, 0.1) is 0 Å². The molecule has 0 aromatic carbocycles. The van der Waals surface area contributed by atoms with Crippen molar-refractivity contribution in [2.24, 2.45) is 0 Å². The summed E-state index contributed by atoms with van der Waals surface area (Å²) in [5, 5.41) is 1.78. The van der Waals surface area contributed by atoms with Gasteiger partial charge in [-0.05, 0) is 12.8 Å². The highest BCUT2D eigenvalue weighted by Crippen LogP contribution is 2.21. The molecule has 15 heavy (non-hydrogen) atoms. The molecule has 0 saturated carbocycles. The number of nitrogens with one attached hydrogen (secondary N) is 1. The van der Waals surface area contributed by atoms with E-state index in [0.29, 0.717) is 13.0 Å². The maximum atomic E-state index is 11.6. The molecule has 2 rings (SSSR count). The number of hydrogen-bond acceptors (Lipinski definition) is 3. The van der Waals surface area contributed by atoms with E-state index in [0.717, 1.165) is 11.1 Å². The lowest BCUT2D eigenvalue weighted by molar-refractivity contribution is 0.0422. The summed E-state index contributed by atoms with van der Waals surface area (Å²) in [5.41, 5.74) is -1.12. The molecule has 1 saturated heterocycles. The normalized spacial score (nSPS) is 20.8. The first-order valence-electron chi connectivity index (χ1n) is 4.42. The molecule has 0 radical (unpaired) electrons. The van der Waals surface area contributed by atoms with Crippen LogP contribution in [0.1, 0.15) is 19.1 Å². The molecule has 82 valence electrons. The Morgan fingerprint density at radius 1 is 1.33 bits per heavy atom. The Morgan fingerprint density at radius 3 is 2.67 bits per heavy atom. The molecule has 1 atom stereocenters. The van der Waals surface area contributed by atoms with Crippen LogP contribution in [0.2, 0.25) is 10.0 Å². The first-order chi connectivity index (χ1) is 7.11. The Kier molecular flexibility index (Phi) is 2.86. The van der Waals surface area contributed by atoms with Gasteiger partial charge < -0.3 is 4.74 Å². The summed E-state index contributed by atoms with van der Waals surface area (Å²) in [6, 6.07) is 0. The quantitative estimate of drug-likeness (QED) is 0.814. The van der Waals surface area contributed by atoms with Crippen LogP contribution in [0.15, 0.2) is 9.59 Å². The zero-order valence-electron chi connectivity index (χ0n) is 7.63. The van der Waals surface area contributed by atoms with Crippen molar-refractivity contribution in [2.75, 3.05) is 6.61 Å². The minimum Gasteiger partial charge on any atom is -0.356 e. The minimum absolute atomic E-state index is 0.268. The van der Waals surface area contributed by atoms with Crippen molar-refractivity contribution in [3.05, 3.63) is 30.8 Å². The van der Waals surface area contributed by atoms with Crippen LogP contribution in [0.4, 0.5) is 0 Å². The highest BCUT2D eigenvalue weighted by atomic mass is 35.5. The van der Waals surface area contributed by atoms with E-state index in [9.17, 15) is 9.59 Å². The van der Waals surface area contributed by atoms with Crippen molar-refractivity contribution in [3.63, 3.8) is 0 Å². The van der Waals surface area contributed by atoms with E-state index in [1.807, 2.05) is 0 Å². The van der Waals surface area contributed by atoms with Crippen molar-refractivity contribution >= 4 is 23.2 Å². The third-order valence-corrected chi connectivity index (χ3v) is 3.02. The molecular weight excluding hydrogens is 243 g/mol. The average Bonchev–Trinajstić information content (AvgIpc) is 2.73. The fraction of sp³-hybridized carbons (Fsp3) is 0.500. The van der Waals surface area contributed by atoms with Gasteiger partial charge in [0.25, 0.3) is 11.1 Å². The summed E-state index contributed by atoms with van der Waals surface area (Å²) in [6.45, 7) is 0.569. The van der Waals surface area contributed by atoms with E-state index >= 15 is 0 Å². The van der Waals surface area contributed by atoms with Crippen molar-refractivity contribution < 1.29 is 4.74 Å². The monoisotopic (exact) mass is 250 g/mol. The molecule has 1 fully saturated rings. The number of H-pyrrole nitrogens is 1. The number of ether oxygens (including phenoxy) is 1. The second-order valence-electron chi connectivity index (χ2n) is 3.21. The zero-order valence-corrected chi connectivity index (χ0v) is 9.14. The molecule has 1 aromatic rings. The standard InChI is InChI=1S/C8H8Cl2N2O3/c9-5-6(10)8(14)12(11-7(5)13)4-2-1-3-15-4/h4H,1-3H2,(H,11,13). The second-order valence-corrected chi connectivity index (χ2v) is 3.97. The summed E-state index contributed by atoms with van der Waals surface area (Å²) in [6.07, 6.45) is 1.08. The lowest BCUT2D eigenvalue weighted by atomic mass is 10.3. The number of nitrogens with zero attached hydrogens (tertiary/aromatic N) is 1. The number of halogens is 2. The van der Waals surface area contributed by atoms with E-state index in [2.05, 4.69) is 5.10 Å². The summed E-state index contributed by atoms with van der Waals surface area (Å²) in [5.74, 6) is 0. The predicted molar refractivity (Wildman–Crippen MR) is 55.6 cm³/mol. The van der Waals surface area contributed by atoms with Crippen LogP contribution >= 0.6 is 23.2 Å². The molecule has 1 aliphatic heterocycles. The fourth-order valence-electron chi connectivity index (χ4n) is 1.48. The first kappa shape index (κ1) is 10.7. The molecule has 1 N–H and O–H groups in total. The maximum absolute atomic E-state index is 11.6. The average molecular weight is 251 g/mol. The minimum atomic E-state index is -0.586. The molecule has 7 heteroatoms. The molecule has 0 spiro atoms. The Bertz CT molecular complexity index is 488. The molecule has 2 heterocycles. The van der Waals surface area contributed by atoms with Gasteiger partial charge in [0, 0.05) is 6.61 Å². The highest BCUT2D eigenvalue weighted by Gasteiger charge is 2.21. The van der Waals surface area contributed by atoms with Crippen LogP contribution < -0.4 is 11.1 Å². The molecule has 0 bridgehead atoms. The van der Waals surface area contributed by atoms with Crippen LogP contribution in [0.3, 0.4) is 0 Å². The van der Waals surface area contributed by atoms with Crippen molar-refractivity contribution in [1.82, 2.24) is 9.78 Å². The summed E-state index contributed by atoms with van der Waals surface area (Å²) in [7, 11) is 0. The van der Waals surface area contributed by atoms with E-state index in [1.54, 1.807) is 0 Å². The highest BCUT2D eigenvalue weighted by molar-refractivity contribution is 6.41. The van der Waals surface area contributed by atoms with Gasteiger partial charge >= 0.3 is 0 Å². The second kappa shape index (κ2) is 4.00. The van der Waals surface area contributed by atoms with Crippen LogP contribution in [0, 0.1) is 0 Å². The number of aromatic amines is 1. The van der Waals surface area contributed by atoms with Gasteiger partial charge in [-0.1, -0.05) is 23.2 Å². The van der Waals surface area contributed by atoms with Gasteiger partial charge in [-0.25, -0.2) is 4.68 Å². The maximum Gasteiger partial charge on any atom is 0.287 e. The van der Waals surface area contributed by atoms with Crippen LogP contribution in [0.25, 0.3) is 0 Å². The molecule has 1 unspecified atom stereocenters. The molecule has 1 aromatic heterocycles. The first-order valence-corrected chi connectivity index (χ1v) is 5.18. The summed E-state index contributed by atoms with van der Waals surface area (Å²) < 4.78 is 6.35. The third-order valence-electron chi connectivity index (χ3n) is 2.21. The number of hydrogen-bond donors (Lipinski definition) is 1. The van der Waals surface area contributed by atoms with Crippen molar-refractivity contribution in [2.45, 2.75) is 19.1 Å². The van der Waals surface area contributed by atoms with Gasteiger partial charge in [0.2, 0.25) is 0 Å². The third kappa shape index (κ3) is 1.82. The molecular formula is C8H8Cl2N2O3. The smallest absolute Gasteiger partial charge is 0.287 e. The van der Waals surface area contributed by atoms with Gasteiger partial charge in [-0.15, -0.1) is 0 Å². The molecule has 5 nitrogen and oxygen atoms in total. The molecule has 0 amide bonds. The zero-order chi connectivity index (χ0) is 11.0. The van der Waals surface area contributed by atoms with Crippen LogP contribution in [-0.2, 0) is 4.74 Å². The Balaban J connectivity index is 2.57. The van der Waals surface area contributed by atoms with Crippen molar-refractivity contribution in [3.8, 4) is 0 Å². The topological polar surface area (TPSA) is 64.1 Å².